The Morgan fingerprint density at radius 2 is 1.86 bits per heavy atom. The number of rotatable bonds is 2. The van der Waals surface area contributed by atoms with E-state index in [9.17, 15) is 9.59 Å². The van der Waals surface area contributed by atoms with E-state index in [4.69, 9.17) is 4.42 Å². The number of amides is 2. The number of hydrogen-bond donors (Lipinski definition) is 0. The fourth-order valence-electron chi connectivity index (χ4n) is 2.74. The van der Waals surface area contributed by atoms with Crippen LogP contribution in [-0.2, 0) is 4.79 Å². The number of aryl methyl sites for hydroxylation is 1. The van der Waals surface area contributed by atoms with E-state index < -0.39 is 0 Å². The molecule has 1 fully saturated rings. The molecule has 0 atom stereocenters. The average Bonchev–Trinajstić information content (AvgIpc) is 2.92. The predicted molar refractivity (Wildman–Crippen MR) is 81.5 cm³/mol. The van der Waals surface area contributed by atoms with Crippen LogP contribution in [-0.4, -0.2) is 52.8 Å². The Balaban J connectivity index is 1.72. The summed E-state index contributed by atoms with van der Waals surface area (Å²) in [5.41, 5.74) is 1.98. The molecule has 0 spiro atoms. The van der Waals surface area contributed by atoms with Gasteiger partial charge in [-0.1, -0.05) is 6.92 Å². The van der Waals surface area contributed by atoms with Gasteiger partial charge >= 0.3 is 0 Å². The molecule has 1 aliphatic rings. The van der Waals surface area contributed by atoms with Crippen LogP contribution >= 0.6 is 0 Å². The number of piperazine rings is 1. The third-order valence-electron chi connectivity index (χ3n) is 3.96. The fraction of sp³-hybridized carbons (Fsp3) is 0.438. The number of hydrogen-bond acceptors (Lipinski definition) is 4. The molecule has 22 heavy (non-hydrogen) atoms. The molecule has 0 aliphatic carbocycles. The highest BCUT2D eigenvalue weighted by Gasteiger charge is 2.24. The maximum absolute atomic E-state index is 12.6. The Labute approximate surface area is 128 Å². The summed E-state index contributed by atoms with van der Waals surface area (Å²) in [6.07, 6.45) is 0.509. The van der Waals surface area contributed by atoms with Crippen molar-refractivity contribution in [2.75, 3.05) is 26.2 Å². The molecule has 0 unspecified atom stereocenters. The Kier molecular flexibility index (Phi) is 3.83. The maximum Gasteiger partial charge on any atom is 0.254 e. The lowest BCUT2D eigenvalue weighted by atomic mass is 10.1. The molecular weight excluding hydrogens is 282 g/mol. The molecular formula is C16H19N3O3. The third-order valence-corrected chi connectivity index (χ3v) is 3.96. The topological polar surface area (TPSA) is 66.7 Å². The number of benzene rings is 1. The monoisotopic (exact) mass is 301 g/mol. The molecule has 2 amide bonds. The molecule has 3 rings (SSSR count). The van der Waals surface area contributed by atoms with E-state index in [-0.39, 0.29) is 11.8 Å². The molecule has 0 N–H and O–H groups in total. The van der Waals surface area contributed by atoms with Crippen molar-refractivity contribution < 1.29 is 14.0 Å². The van der Waals surface area contributed by atoms with Gasteiger partial charge in [-0.15, -0.1) is 0 Å². The van der Waals surface area contributed by atoms with Crippen LogP contribution < -0.4 is 0 Å². The second kappa shape index (κ2) is 5.79. The second-order valence-corrected chi connectivity index (χ2v) is 5.44. The molecule has 1 aliphatic heterocycles. The van der Waals surface area contributed by atoms with Crippen LogP contribution in [0.4, 0.5) is 0 Å². The summed E-state index contributed by atoms with van der Waals surface area (Å²) in [5.74, 6) is 0.705. The highest BCUT2D eigenvalue weighted by Crippen LogP contribution is 2.18. The Morgan fingerprint density at radius 3 is 2.55 bits per heavy atom. The summed E-state index contributed by atoms with van der Waals surface area (Å²) in [5, 5.41) is 0. The molecule has 1 aromatic carbocycles. The van der Waals surface area contributed by atoms with Crippen molar-refractivity contribution in [2.24, 2.45) is 0 Å². The normalized spacial score (nSPS) is 15.4. The summed E-state index contributed by atoms with van der Waals surface area (Å²) >= 11 is 0. The van der Waals surface area contributed by atoms with Crippen LogP contribution in [0.2, 0.25) is 0 Å². The van der Waals surface area contributed by atoms with Crippen LogP contribution in [0.5, 0.6) is 0 Å². The summed E-state index contributed by atoms with van der Waals surface area (Å²) in [7, 11) is 0. The van der Waals surface area contributed by atoms with Crippen LogP contribution in [0.25, 0.3) is 11.1 Å². The third kappa shape index (κ3) is 2.68. The SMILES string of the molecule is CCC(=O)N1CCN(C(=O)c2ccc3nc(C)oc3c2)CC1. The van der Waals surface area contributed by atoms with Gasteiger partial charge in [0.25, 0.3) is 5.91 Å². The van der Waals surface area contributed by atoms with Crippen molar-refractivity contribution in [3.8, 4) is 0 Å². The molecule has 0 saturated carbocycles. The molecule has 0 bridgehead atoms. The number of aromatic nitrogens is 1. The smallest absolute Gasteiger partial charge is 0.254 e. The summed E-state index contributed by atoms with van der Waals surface area (Å²) in [6, 6.07) is 5.31. The number of oxazole rings is 1. The van der Waals surface area contributed by atoms with E-state index in [0.29, 0.717) is 49.6 Å². The molecule has 116 valence electrons. The number of carbonyl (C=O) groups excluding carboxylic acids is 2. The van der Waals surface area contributed by atoms with Crippen LogP contribution in [0.1, 0.15) is 29.6 Å². The van der Waals surface area contributed by atoms with Gasteiger partial charge < -0.3 is 14.2 Å². The zero-order chi connectivity index (χ0) is 15.7. The van der Waals surface area contributed by atoms with Crippen molar-refractivity contribution >= 4 is 22.9 Å². The van der Waals surface area contributed by atoms with Crippen molar-refractivity contribution in [2.45, 2.75) is 20.3 Å². The molecule has 1 saturated heterocycles. The van der Waals surface area contributed by atoms with Gasteiger partial charge in [-0.2, -0.15) is 0 Å². The highest BCUT2D eigenvalue weighted by molar-refractivity contribution is 5.97. The average molecular weight is 301 g/mol. The lowest BCUT2D eigenvalue weighted by molar-refractivity contribution is -0.132. The fourth-order valence-corrected chi connectivity index (χ4v) is 2.74. The Bertz CT molecular complexity index is 714. The zero-order valence-corrected chi connectivity index (χ0v) is 12.8. The first-order valence-electron chi connectivity index (χ1n) is 7.52. The van der Waals surface area contributed by atoms with E-state index in [1.807, 2.05) is 11.8 Å². The van der Waals surface area contributed by atoms with Gasteiger partial charge in [-0.05, 0) is 18.2 Å². The maximum atomic E-state index is 12.6. The van der Waals surface area contributed by atoms with E-state index in [2.05, 4.69) is 4.98 Å². The van der Waals surface area contributed by atoms with Gasteiger partial charge in [0, 0.05) is 45.1 Å². The van der Waals surface area contributed by atoms with Gasteiger partial charge in [-0.3, -0.25) is 9.59 Å². The molecule has 6 nitrogen and oxygen atoms in total. The van der Waals surface area contributed by atoms with Crippen LogP contribution in [0.15, 0.2) is 22.6 Å². The number of fused-ring (bicyclic) bond motifs is 1. The lowest BCUT2D eigenvalue weighted by Gasteiger charge is -2.34. The first-order chi connectivity index (χ1) is 10.6. The Morgan fingerprint density at radius 1 is 1.18 bits per heavy atom. The standard InChI is InChI=1S/C16H19N3O3/c1-3-15(20)18-6-8-19(9-7-18)16(21)12-4-5-13-14(10-12)22-11(2)17-13/h4-5,10H,3,6-9H2,1-2H3. The summed E-state index contributed by atoms with van der Waals surface area (Å²) in [4.78, 5) is 32.0. The van der Waals surface area contributed by atoms with Crippen LogP contribution in [0, 0.1) is 6.92 Å². The van der Waals surface area contributed by atoms with Gasteiger partial charge in [0.1, 0.15) is 5.52 Å². The van der Waals surface area contributed by atoms with E-state index in [1.54, 1.807) is 30.0 Å². The van der Waals surface area contributed by atoms with Gasteiger partial charge in [-0.25, -0.2) is 4.98 Å². The summed E-state index contributed by atoms with van der Waals surface area (Å²) < 4.78 is 5.47. The number of carbonyl (C=O) groups is 2. The molecule has 2 aromatic rings. The molecule has 6 heteroatoms. The first-order valence-corrected chi connectivity index (χ1v) is 7.52. The lowest BCUT2D eigenvalue weighted by Crippen LogP contribution is -2.50. The molecule has 2 heterocycles. The molecule has 0 radical (unpaired) electrons. The minimum atomic E-state index is -0.0282. The van der Waals surface area contributed by atoms with E-state index >= 15 is 0 Å². The van der Waals surface area contributed by atoms with Crippen molar-refractivity contribution in [1.82, 2.24) is 14.8 Å². The van der Waals surface area contributed by atoms with E-state index in [0.717, 1.165) is 5.52 Å². The van der Waals surface area contributed by atoms with Gasteiger partial charge in [0.2, 0.25) is 5.91 Å². The molecule has 1 aromatic heterocycles. The number of nitrogens with zero attached hydrogens (tertiary/aromatic N) is 3. The first kappa shape index (κ1) is 14.6. The Hall–Kier alpha value is -2.37. The minimum absolute atomic E-state index is 0.0282. The predicted octanol–water partition coefficient (Wildman–Crippen LogP) is 1.83. The quantitative estimate of drug-likeness (QED) is 0.849. The summed E-state index contributed by atoms with van der Waals surface area (Å²) in [6.45, 7) is 5.97. The van der Waals surface area contributed by atoms with Gasteiger partial charge in [0.15, 0.2) is 11.5 Å². The van der Waals surface area contributed by atoms with Crippen molar-refractivity contribution in [3.05, 3.63) is 29.7 Å². The van der Waals surface area contributed by atoms with Crippen molar-refractivity contribution in [1.29, 1.82) is 0 Å². The van der Waals surface area contributed by atoms with Crippen molar-refractivity contribution in [3.63, 3.8) is 0 Å². The van der Waals surface area contributed by atoms with Gasteiger partial charge in [0.05, 0.1) is 0 Å². The highest BCUT2D eigenvalue weighted by atomic mass is 16.3. The largest absolute Gasteiger partial charge is 0.441 e. The zero-order valence-electron chi connectivity index (χ0n) is 12.8. The van der Waals surface area contributed by atoms with Crippen LogP contribution in [0.3, 0.4) is 0 Å². The second-order valence-electron chi connectivity index (χ2n) is 5.44. The minimum Gasteiger partial charge on any atom is -0.441 e. The van der Waals surface area contributed by atoms with E-state index in [1.165, 1.54) is 0 Å².